The molecule has 1 saturated carbocycles. The van der Waals surface area contributed by atoms with Crippen LogP contribution >= 0.6 is 0 Å². The molecule has 0 aromatic heterocycles. The fourth-order valence-electron chi connectivity index (χ4n) is 4.26. The number of hydrogen-bond donors (Lipinski definition) is 2. The zero-order valence-electron chi connectivity index (χ0n) is 14.4. The number of aliphatic hydroxyl groups excluding tert-OH is 1. The second-order valence-corrected chi connectivity index (χ2v) is 7.86. The van der Waals surface area contributed by atoms with E-state index >= 15 is 0 Å². The van der Waals surface area contributed by atoms with Gasteiger partial charge in [-0.2, -0.15) is 0 Å². The number of aliphatic hydroxyl groups is 1. The second-order valence-electron chi connectivity index (χ2n) is 7.86. The summed E-state index contributed by atoms with van der Waals surface area (Å²) in [5, 5.41) is 13.0. The lowest BCUT2D eigenvalue weighted by Crippen LogP contribution is -2.46. The zero-order chi connectivity index (χ0) is 15.3. The largest absolute Gasteiger partial charge is 0.395 e. The molecule has 2 N–H and O–H groups in total. The average Bonchev–Trinajstić information content (AvgIpc) is 3.00. The van der Waals surface area contributed by atoms with Gasteiger partial charge in [-0.05, 0) is 56.4 Å². The minimum Gasteiger partial charge on any atom is -0.395 e. The highest BCUT2D eigenvalue weighted by Crippen LogP contribution is 2.41. The van der Waals surface area contributed by atoms with Crippen molar-refractivity contribution in [3.63, 3.8) is 0 Å². The molecule has 0 amide bonds. The van der Waals surface area contributed by atoms with Gasteiger partial charge in [-0.3, -0.25) is 4.90 Å². The predicted molar refractivity (Wildman–Crippen MR) is 89.5 cm³/mol. The number of nitrogens with one attached hydrogen (secondary N) is 1. The molecule has 2 aliphatic rings. The summed E-state index contributed by atoms with van der Waals surface area (Å²) >= 11 is 0. The van der Waals surface area contributed by atoms with E-state index in [1.807, 2.05) is 0 Å². The van der Waals surface area contributed by atoms with Crippen molar-refractivity contribution in [1.82, 2.24) is 10.2 Å². The molecule has 1 saturated heterocycles. The van der Waals surface area contributed by atoms with Crippen LogP contribution in [0.25, 0.3) is 0 Å². The first-order chi connectivity index (χ1) is 10.1. The van der Waals surface area contributed by atoms with Crippen molar-refractivity contribution in [2.45, 2.75) is 77.8 Å². The van der Waals surface area contributed by atoms with Crippen molar-refractivity contribution in [3.8, 4) is 0 Å². The highest BCUT2D eigenvalue weighted by molar-refractivity contribution is 4.88. The van der Waals surface area contributed by atoms with E-state index in [0.717, 1.165) is 19.0 Å². The van der Waals surface area contributed by atoms with Crippen LogP contribution in [0.4, 0.5) is 0 Å². The summed E-state index contributed by atoms with van der Waals surface area (Å²) in [6, 6.07) is 1.35. The highest BCUT2D eigenvalue weighted by Gasteiger charge is 2.34. The predicted octanol–water partition coefficient (Wildman–Crippen LogP) is 3.03. The molecule has 2 fully saturated rings. The van der Waals surface area contributed by atoms with Crippen LogP contribution in [0.3, 0.4) is 0 Å². The minimum atomic E-state index is 0.299. The van der Waals surface area contributed by atoms with Crippen LogP contribution in [0.2, 0.25) is 0 Å². The fourth-order valence-corrected chi connectivity index (χ4v) is 4.26. The summed E-state index contributed by atoms with van der Waals surface area (Å²) < 4.78 is 0. The molecule has 3 heteroatoms. The lowest BCUT2D eigenvalue weighted by Gasteiger charge is -2.42. The summed E-state index contributed by atoms with van der Waals surface area (Å²) in [7, 11) is 0. The van der Waals surface area contributed by atoms with Crippen LogP contribution in [0, 0.1) is 11.3 Å². The third kappa shape index (κ3) is 4.67. The maximum absolute atomic E-state index is 9.40. The Hall–Kier alpha value is -0.120. The first-order valence-electron chi connectivity index (χ1n) is 9.15. The molecule has 1 unspecified atom stereocenters. The molecule has 0 bridgehead atoms. The van der Waals surface area contributed by atoms with Gasteiger partial charge in [0.25, 0.3) is 0 Å². The van der Waals surface area contributed by atoms with Gasteiger partial charge in [-0.25, -0.2) is 0 Å². The van der Waals surface area contributed by atoms with E-state index in [1.165, 1.54) is 51.5 Å². The molecule has 3 nitrogen and oxygen atoms in total. The minimum absolute atomic E-state index is 0.299. The van der Waals surface area contributed by atoms with Gasteiger partial charge in [0.2, 0.25) is 0 Å². The van der Waals surface area contributed by atoms with Crippen molar-refractivity contribution in [2.75, 3.05) is 26.2 Å². The molecule has 1 atom stereocenters. The Kier molecular flexibility index (Phi) is 6.51. The Balaban J connectivity index is 1.84. The number of rotatable bonds is 7. The van der Waals surface area contributed by atoms with E-state index in [0.29, 0.717) is 24.1 Å². The summed E-state index contributed by atoms with van der Waals surface area (Å²) in [6.45, 7) is 10.7. The van der Waals surface area contributed by atoms with Gasteiger partial charge in [0.15, 0.2) is 0 Å². The molecular formula is C18H36N2O. The summed E-state index contributed by atoms with van der Waals surface area (Å²) in [6.07, 6.45) is 9.28. The van der Waals surface area contributed by atoms with Crippen LogP contribution in [0.1, 0.15) is 65.7 Å². The van der Waals surface area contributed by atoms with Gasteiger partial charge < -0.3 is 10.4 Å². The summed E-state index contributed by atoms with van der Waals surface area (Å²) in [4.78, 5) is 2.57. The maximum atomic E-state index is 9.40. The van der Waals surface area contributed by atoms with Gasteiger partial charge in [-0.15, -0.1) is 0 Å². The second kappa shape index (κ2) is 7.94. The Morgan fingerprint density at radius 2 is 1.86 bits per heavy atom. The maximum Gasteiger partial charge on any atom is 0.0558 e. The molecular weight excluding hydrogens is 260 g/mol. The summed E-state index contributed by atoms with van der Waals surface area (Å²) in [5.74, 6) is 0.888. The van der Waals surface area contributed by atoms with Crippen molar-refractivity contribution >= 4 is 0 Å². The van der Waals surface area contributed by atoms with Crippen molar-refractivity contribution in [1.29, 1.82) is 0 Å². The van der Waals surface area contributed by atoms with E-state index < -0.39 is 0 Å². The molecule has 0 spiro atoms. The van der Waals surface area contributed by atoms with Gasteiger partial charge in [0.1, 0.15) is 0 Å². The molecule has 0 aromatic rings. The first-order valence-corrected chi connectivity index (χ1v) is 9.15. The van der Waals surface area contributed by atoms with Crippen LogP contribution in [0.5, 0.6) is 0 Å². The smallest absolute Gasteiger partial charge is 0.0558 e. The molecule has 1 aliphatic heterocycles. The highest BCUT2D eigenvalue weighted by atomic mass is 16.3. The quantitative estimate of drug-likeness (QED) is 0.758. The van der Waals surface area contributed by atoms with Crippen molar-refractivity contribution in [2.24, 2.45) is 11.3 Å². The van der Waals surface area contributed by atoms with Gasteiger partial charge in [-0.1, -0.05) is 27.2 Å². The van der Waals surface area contributed by atoms with Gasteiger partial charge >= 0.3 is 0 Å². The van der Waals surface area contributed by atoms with E-state index in [9.17, 15) is 5.11 Å². The van der Waals surface area contributed by atoms with E-state index in [2.05, 4.69) is 31.0 Å². The molecule has 0 aromatic carbocycles. The Bertz CT molecular complexity index is 292. The van der Waals surface area contributed by atoms with Gasteiger partial charge in [0.05, 0.1) is 6.61 Å². The lowest BCUT2D eigenvalue weighted by molar-refractivity contribution is 0.0694. The van der Waals surface area contributed by atoms with Crippen LogP contribution in [0.15, 0.2) is 0 Å². The van der Waals surface area contributed by atoms with Crippen LogP contribution < -0.4 is 5.32 Å². The zero-order valence-corrected chi connectivity index (χ0v) is 14.4. The Morgan fingerprint density at radius 3 is 2.38 bits per heavy atom. The molecule has 1 aliphatic carbocycles. The first kappa shape index (κ1) is 17.2. The molecule has 1 heterocycles. The topological polar surface area (TPSA) is 35.5 Å². The van der Waals surface area contributed by atoms with E-state index in [4.69, 9.17) is 0 Å². The fraction of sp³-hybridized carbons (Fsp3) is 1.00. The average molecular weight is 296 g/mol. The van der Waals surface area contributed by atoms with E-state index in [1.54, 1.807) is 0 Å². The van der Waals surface area contributed by atoms with Crippen LogP contribution in [-0.4, -0.2) is 48.3 Å². The molecule has 124 valence electrons. The monoisotopic (exact) mass is 296 g/mol. The van der Waals surface area contributed by atoms with Gasteiger partial charge in [0, 0.05) is 25.2 Å². The van der Waals surface area contributed by atoms with Crippen molar-refractivity contribution in [3.05, 3.63) is 0 Å². The summed E-state index contributed by atoms with van der Waals surface area (Å²) in [5.41, 5.74) is 0.500. The third-order valence-corrected chi connectivity index (χ3v) is 6.23. The molecule has 21 heavy (non-hydrogen) atoms. The third-order valence-electron chi connectivity index (χ3n) is 6.23. The normalized spacial score (nSPS) is 31.0. The standard InChI is InChI=1S/C18H36N2O/c1-4-18(2,3)15-7-9-17(10-8-15)20(12-13-21)14-16-6-5-11-19-16/h15-17,19,21H,4-14H2,1-3H3. The van der Waals surface area contributed by atoms with Crippen LogP contribution in [-0.2, 0) is 0 Å². The Labute approximate surface area is 131 Å². The number of nitrogens with zero attached hydrogens (tertiary/aromatic N) is 1. The van der Waals surface area contributed by atoms with Crippen molar-refractivity contribution < 1.29 is 5.11 Å². The molecule has 0 radical (unpaired) electrons. The number of hydrogen-bond acceptors (Lipinski definition) is 3. The van der Waals surface area contributed by atoms with E-state index in [-0.39, 0.29) is 0 Å². The molecule has 2 rings (SSSR count). The Morgan fingerprint density at radius 1 is 1.14 bits per heavy atom. The SMILES string of the molecule is CCC(C)(C)C1CCC(N(CCO)CC2CCCN2)CC1. The lowest BCUT2D eigenvalue weighted by atomic mass is 9.68.